The molecule has 0 unspecified atom stereocenters. The van der Waals surface area contributed by atoms with E-state index in [1.165, 1.54) is 56.6 Å². The molecule has 1 aromatic heterocycles. The molecule has 31 heavy (non-hydrogen) atoms. The van der Waals surface area contributed by atoms with Crippen molar-refractivity contribution in [2.45, 2.75) is 18.7 Å². The second-order valence-electron chi connectivity index (χ2n) is 6.81. The van der Waals surface area contributed by atoms with Crippen molar-refractivity contribution in [3.05, 3.63) is 59.6 Å². The van der Waals surface area contributed by atoms with E-state index < -0.39 is 21.7 Å². The lowest BCUT2D eigenvalue weighted by Gasteiger charge is -2.16. The Bertz CT molecular complexity index is 1200. The number of halogens is 1. The molecule has 10 heteroatoms. The second kappa shape index (κ2) is 8.86. The number of hydrogen-bond donors (Lipinski definition) is 1. The molecule has 1 amide bonds. The molecule has 3 rings (SSSR count). The Morgan fingerprint density at radius 1 is 1.19 bits per heavy atom. The zero-order valence-corrected chi connectivity index (χ0v) is 18.3. The van der Waals surface area contributed by atoms with Gasteiger partial charge in [0.1, 0.15) is 33.5 Å². The molecule has 0 radical (unpaired) electrons. The summed E-state index contributed by atoms with van der Waals surface area (Å²) in [6.07, 6.45) is 0. The highest BCUT2D eigenvalue weighted by atomic mass is 32.2. The first-order valence-electron chi connectivity index (χ1n) is 9.38. The average Bonchev–Trinajstić information content (AvgIpc) is 3.11. The smallest absolute Gasteiger partial charge is 0.261 e. The van der Waals surface area contributed by atoms with Crippen molar-refractivity contribution >= 4 is 21.6 Å². The lowest BCUT2D eigenvalue weighted by molar-refractivity contribution is 0.102. The number of sulfonamides is 1. The van der Waals surface area contributed by atoms with E-state index in [-0.39, 0.29) is 40.0 Å². The van der Waals surface area contributed by atoms with Crippen molar-refractivity contribution in [3.63, 3.8) is 0 Å². The van der Waals surface area contributed by atoms with Gasteiger partial charge in [0.25, 0.3) is 5.91 Å². The zero-order valence-electron chi connectivity index (χ0n) is 17.5. The fraction of sp³-hybridized carbons (Fsp3) is 0.238. The third kappa shape index (κ3) is 4.59. The van der Waals surface area contributed by atoms with Gasteiger partial charge < -0.3 is 14.6 Å². The Morgan fingerprint density at radius 2 is 1.87 bits per heavy atom. The van der Waals surface area contributed by atoms with E-state index >= 15 is 0 Å². The standard InChI is InChI=1S/C21H22FN3O5S/c1-5-29-17-11-10-16(12-18(17)31(27,28)25(3)4)23-21(26)19-13(2)30-24-20(19)14-6-8-15(22)9-7-14/h6-12H,5H2,1-4H3,(H,23,26). The SMILES string of the molecule is CCOc1ccc(NC(=O)c2c(-c3ccc(F)cc3)noc2C)cc1S(=O)(=O)N(C)C. The predicted molar refractivity (Wildman–Crippen MR) is 113 cm³/mol. The molecule has 2 aromatic carbocycles. The van der Waals surface area contributed by atoms with Gasteiger partial charge in [0, 0.05) is 25.3 Å². The largest absolute Gasteiger partial charge is 0.492 e. The fourth-order valence-electron chi connectivity index (χ4n) is 2.90. The van der Waals surface area contributed by atoms with Gasteiger partial charge >= 0.3 is 0 Å². The van der Waals surface area contributed by atoms with Gasteiger partial charge in [-0.1, -0.05) is 5.16 Å². The third-order valence-electron chi connectivity index (χ3n) is 4.47. The van der Waals surface area contributed by atoms with Gasteiger partial charge in [0.15, 0.2) is 0 Å². The van der Waals surface area contributed by atoms with Gasteiger partial charge in [-0.15, -0.1) is 0 Å². The number of carbonyl (C=O) groups is 1. The molecule has 1 heterocycles. The summed E-state index contributed by atoms with van der Waals surface area (Å²) >= 11 is 0. The van der Waals surface area contributed by atoms with Gasteiger partial charge in [0.05, 0.1) is 6.61 Å². The second-order valence-corrected chi connectivity index (χ2v) is 8.93. The van der Waals surface area contributed by atoms with Crippen LogP contribution in [0.1, 0.15) is 23.0 Å². The number of amides is 1. The average molecular weight is 447 g/mol. The number of aromatic nitrogens is 1. The van der Waals surface area contributed by atoms with Crippen LogP contribution in [0, 0.1) is 12.7 Å². The highest BCUT2D eigenvalue weighted by Gasteiger charge is 2.25. The lowest BCUT2D eigenvalue weighted by atomic mass is 10.1. The number of ether oxygens (including phenoxy) is 1. The van der Waals surface area contributed by atoms with E-state index in [2.05, 4.69) is 10.5 Å². The molecule has 0 fully saturated rings. The van der Waals surface area contributed by atoms with Crippen molar-refractivity contribution < 1.29 is 26.9 Å². The Hall–Kier alpha value is -3.24. The number of nitrogens with one attached hydrogen (secondary N) is 1. The van der Waals surface area contributed by atoms with Crippen molar-refractivity contribution in [2.75, 3.05) is 26.0 Å². The van der Waals surface area contributed by atoms with E-state index in [9.17, 15) is 17.6 Å². The van der Waals surface area contributed by atoms with Crippen LogP contribution in [0.2, 0.25) is 0 Å². The molecule has 164 valence electrons. The molecule has 0 saturated heterocycles. The van der Waals surface area contributed by atoms with Crippen LogP contribution in [0.4, 0.5) is 10.1 Å². The summed E-state index contributed by atoms with van der Waals surface area (Å²) in [5, 5.41) is 6.59. The number of anilines is 1. The molecule has 0 atom stereocenters. The molecule has 8 nitrogen and oxygen atoms in total. The molecular weight excluding hydrogens is 425 g/mol. The molecule has 0 aliphatic heterocycles. The van der Waals surface area contributed by atoms with Crippen LogP contribution < -0.4 is 10.1 Å². The molecular formula is C21H22FN3O5S. The minimum Gasteiger partial charge on any atom is -0.492 e. The minimum atomic E-state index is -3.81. The van der Waals surface area contributed by atoms with Crippen LogP contribution in [0.25, 0.3) is 11.3 Å². The fourth-order valence-corrected chi connectivity index (χ4v) is 3.95. The Morgan fingerprint density at radius 3 is 2.48 bits per heavy atom. The summed E-state index contributed by atoms with van der Waals surface area (Å²) in [7, 11) is -0.998. The topological polar surface area (TPSA) is 102 Å². The Kier molecular flexibility index (Phi) is 6.42. The lowest BCUT2D eigenvalue weighted by Crippen LogP contribution is -2.23. The van der Waals surface area contributed by atoms with E-state index in [0.29, 0.717) is 5.56 Å². The summed E-state index contributed by atoms with van der Waals surface area (Å²) in [5.41, 5.74) is 1.17. The number of rotatable bonds is 7. The maximum absolute atomic E-state index is 13.2. The van der Waals surface area contributed by atoms with Crippen molar-refractivity contribution in [2.24, 2.45) is 0 Å². The third-order valence-corrected chi connectivity index (χ3v) is 6.30. The highest BCUT2D eigenvalue weighted by Crippen LogP contribution is 2.31. The Labute approximate surface area is 179 Å². The number of carbonyl (C=O) groups excluding carboxylic acids is 1. The van der Waals surface area contributed by atoms with Gasteiger partial charge in [-0.25, -0.2) is 17.1 Å². The molecule has 0 aliphatic carbocycles. The quantitative estimate of drug-likeness (QED) is 0.593. The molecule has 3 aromatic rings. The number of hydrogen-bond acceptors (Lipinski definition) is 6. The Balaban J connectivity index is 1.98. The monoisotopic (exact) mass is 447 g/mol. The molecule has 0 aliphatic rings. The molecule has 1 N–H and O–H groups in total. The van der Waals surface area contributed by atoms with Crippen LogP contribution in [0.3, 0.4) is 0 Å². The first kappa shape index (κ1) is 22.4. The maximum atomic E-state index is 13.2. The molecule has 0 bridgehead atoms. The van der Waals surface area contributed by atoms with E-state index in [4.69, 9.17) is 9.26 Å². The van der Waals surface area contributed by atoms with Gasteiger partial charge in [0.2, 0.25) is 10.0 Å². The van der Waals surface area contributed by atoms with E-state index in [0.717, 1.165) is 4.31 Å². The number of aryl methyl sites for hydroxylation is 1. The van der Waals surface area contributed by atoms with E-state index in [1.54, 1.807) is 13.8 Å². The number of nitrogens with zero attached hydrogens (tertiary/aromatic N) is 2. The van der Waals surface area contributed by atoms with Crippen molar-refractivity contribution in [1.82, 2.24) is 9.46 Å². The maximum Gasteiger partial charge on any atom is 0.261 e. The van der Waals surface area contributed by atoms with Crippen LogP contribution in [0.5, 0.6) is 5.75 Å². The summed E-state index contributed by atoms with van der Waals surface area (Å²) < 4.78 is 50.3. The van der Waals surface area contributed by atoms with Crippen LogP contribution in [-0.4, -0.2) is 44.5 Å². The van der Waals surface area contributed by atoms with Crippen LogP contribution in [0.15, 0.2) is 51.9 Å². The minimum absolute atomic E-state index is 0.0713. The number of benzene rings is 2. The highest BCUT2D eigenvalue weighted by molar-refractivity contribution is 7.89. The normalized spacial score (nSPS) is 11.5. The first-order chi connectivity index (χ1) is 14.6. The van der Waals surface area contributed by atoms with Crippen molar-refractivity contribution in [1.29, 1.82) is 0 Å². The van der Waals surface area contributed by atoms with Crippen LogP contribution >= 0.6 is 0 Å². The van der Waals surface area contributed by atoms with Crippen molar-refractivity contribution in [3.8, 4) is 17.0 Å². The molecule has 0 spiro atoms. The summed E-state index contributed by atoms with van der Waals surface area (Å²) in [6.45, 7) is 3.60. The van der Waals surface area contributed by atoms with Gasteiger partial charge in [-0.3, -0.25) is 4.79 Å². The summed E-state index contributed by atoms with van der Waals surface area (Å²) in [5.74, 6) is -0.513. The first-order valence-corrected chi connectivity index (χ1v) is 10.8. The van der Waals surface area contributed by atoms with Gasteiger partial charge in [-0.2, -0.15) is 0 Å². The predicted octanol–water partition coefficient (Wildman–Crippen LogP) is 3.69. The van der Waals surface area contributed by atoms with E-state index in [1.807, 2.05) is 0 Å². The zero-order chi connectivity index (χ0) is 22.8. The van der Waals surface area contributed by atoms with Crippen LogP contribution in [-0.2, 0) is 10.0 Å². The summed E-state index contributed by atoms with van der Waals surface area (Å²) in [4.78, 5) is 12.9. The molecule has 0 saturated carbocycles. The summed E-state index contributed by atoms with van der Waals surface area (Å²) in [6, 6.07) is 9.84. The van der Waals surface area contributed by atoms with Gasteiger partial charge in [-0.05, 0) is 56.3 Å².